The molecule has 1 atom stereocenters. The van der Waals surface area contributed by atoms with Crippen molar-refractivity contribution in [2.45, 2.75) is 284 Å². The number of rotatable bonds is 50. The molecule has 0 rings (SSSR count). The lowest BCUT2D eigenvalue weighted by atomic mass is 10.0. The molecule has 6 heteroatoms. The summed E-state index contributed by atoms with van der Waals surface area (Å²) in [5, 5.41) is 0. The topological polar surface area (TPSA) is 78.9 Å². The zero-order chi connectivity index (χ0) is 47.2. The Morgan fingerprint density at radius 1 is 0.323 bits per heavy atom. The van der Waals surface area contributed by atoms with Gasteiger partial charge in [-0.2, -0.15) is 0 Å². The van der Waals surface area contributed by atoms with Crippen LogP contribution in [0.15, 0.2) is 60.8 Å². The SMILES string of the molecule is CC/C=C/C/C=C/C/C=C/C/C=C/C/C=C/CCCC(=O)OC[C@@H](COC(=O)CCCCCCCCCCCCCCCCC)OC(=O)CCCCCCCCCCCCCCCCC. The molecule has 0 saturated heterocycles. The predicted molar refractivity (Wildman–Crippen MR) is 279 cm³/mol. The van der Waals surface area contributed by atoms with Gasteiger partial charge in [0.15, 0.2) is 6.10 Å². The first kappa shape index (κ1) is 62.1. The normalized spacial score (nSPS) is 12.5. The number of ether oxygens (including phenoxy) is 3. The number of unbranched alkanes of at least 4 members (excludes halogenated alkanes) is 29. The van der Waals surface area contributed by atoms with Crippen molar-refractivity contribution in [1.29, 1.82) is 0 Å². The zero-order valence-electron chi connectivity index (χ0n) is 43.0. The number of hydrogen-bond acceptors (Lipinski definition) is 6. The van der Waals surface area contributed by atoms with E-state index < -0.39 is 6.10 Å². The third kappa shape index (κ3) is 51.9. The van der Waals surface area contributed by atoms with Gasteiger partial charge in [0.2, 0.25) is 0 Å². The van der Waals surface area contributed by atoms with Gasteiger partial charge >= 0.3 is 17.9 Å². The average molecular weight is 909 g/mol. The first-order chi connectivity index (χ1) is 32.0. The van der Waals surface area contributed by atoms with Crippen LogP contribution >= 0.6 is 0 Å². The van der Waals surface area contributed by atoms with Crippen molar-refractivity contribution in [3.8, 4) is 0 Å². The Hall–Kier alpha value is -2.89. The molecule has 0 aromatic carbocycles. The highest BCUT2D eigenvalue weighted by Crippen LogP contribution is 2.16. The second kappa shape index (κ2) is 53.7. The van der Waals surface area contributed by atoms with Gasteiger partial charge < -0.3 is 14.2 Å². The van der Waals surface area contributed by atoms with Crippen LogP contribution in [0.1, 0.15) is 278 Å². The van der Waals surface area contributed by atoms with Crippen LogP contribution in [0, 0.1) is 0 Å². The summed E-state index contributed by atoms with van der Waals surface area (Å²) in [5.74, 6) is -0.936. The number of carbonyl (C=O) groups excluding carboxylic acids is 3. The first-order valence-electron chi connectivity index (χ1n) is 27.8. The van der Waals surface area contributed by atoms with Gasteiger partial charge in [0, 0.05) is 19.3 Å². The van der Waals surface area contributed by atoms with E-state index >= 15 is 0 Å². The van der Waals surface area contributed by atoms with Gasteiger partial charge in [-0.15, -0.1) is 0 Å². The Labute approximate surface area is 402 Å². The van der Waals surface area contributed by atoms with Crippen molar-refractivity contribution < 1.29 is 28.6 Å². The summed E-state index contributed by atoms with van der Waals surface area (Å²) in [6.07, 6.45) is 66.4. The lowest BCUT2D eigenvalue weighted by molar-refractivity contribution is -0.167. The monoisotopic (exact) mass is 909 g/mol. The van der Waals surface area contributed by atoms with Crippen molar-refractivity contribution in [1.82, 2.24) is 0 Å². The Morgan fingerprint density at radius 3 is 0.938 bits per heavy atom. The molecule has 0 aromatic rings. The molecule has 65 heavy (non-hydrogen) atoms. The number of carbonyl (C=O) groups is 3. The molecule has 0 aliphatic carbocycles. The lowest BCUT2D eigenvalue weighted by Crippen LogP contribution is -2.30. The maximum absolute atomic E-state index is 12.8. The minimum atomic E-state index is -0.793. The van der Waals surface area contributed by atoms with E-state index in [1.165, 1.54) is 154 Å². The number of allylic oxidation sites excluding steroid dienone is 10. The summed E-state index contributed by atoms with van der Waals surface area (Å²) in [7, 11) is 0. The molecule has 0 bridgehead atoms. The van der Waals surface area contributed by atoms with E-state index in [4.69, 9.17) is 14.2 Å². The zero-order valence-corrected chi connectivity index (χ0v) is 43.0. The fourth-order valence-corrected chi connectivity index (χ4v) is 7.89. The van der Waals surface area contributed by atoms with Crippen LogP contribution in [0.4, 0.5) is 0 Å². The van der Waals surface area contributed by atoms with E-state index in [-0.39, 0.29) is 37.5 Å². The molecule has 0 radical (unpaired) electrons. The maximum Gasteiger partial charge on any atom is 0.306 e. The highest BCUT2D eigenvalue weighted by atomic mass is 16.6. The molecule has 0 amide bonds. The van der Waals surface area contributed by atoms with Crippen LogP contribution in [0.25, 0.3) is 0 Å². The fraction of sp³-hybridized carbons (Fsp3) is 0.780. The maximum atomic E-state index is 12.8. The predicted octanol–water partition coefficient (Wildman–Crippen LogP) is 18.4. The van der Waals surface area contributed by atoms with Crippen LogP contribution in [-0.4, -0.2) is 37.2 Å². The summed E-state index contributed by atoms with van der Waals surface area (Å²) in [6, 6.07) is 0. The van der Waals surface area contributed by atoms with Gasteiger partial charge in [0.25, 0.3) is 0 Å². The minimum absolute atomic E-state index is 0.0878. The number of esters is 3. The standard InChI is InChI=1S/C59H104O6/c1-4-7-10-13-16-19-22-25-28-29-32-34-37-40-43-46-49-52-58(61)64-55-56(65-59(62)53-50-47-44-41-38-35-31-27-24-21-18-15-12-9-6-3)54-63-57(60)51-48-45-42-39-36-33-30-26-23-20-17-14-11-8-5-2/h7,10,16,19,25,28,32,34,40,43,56H,4-6,8-9,11-15,17-18,20-24,26-27,29-31,33,35-39,41-42,44-55H2,1-3H3/b10-7+,19-16+,28-25+,34-32+,43-40+/t56-/m1/s1. The molecular formula is C59H104O6. The van der Waals surface area contributed by atoms with Crippen LogP contribution in [0.2, 0.25) is 0 Å². The van der Waals surface area contributed by atoms with Crippen LogP contribution in [0.5, 0.6) is 0 Å². The molecule has 0 spiro atoms. The highest BCUT2D eigenvalue weighted by molar-refractivity contribution is 5.71. The summed E-state index contributed by atoms with van der Waals surface area (Å²) in [5.41, 5.74) is 0. The van der Waals surface area contributed by atoms with Gasteiger partial charge in [-0.25, -0.2) is 0 Å². The van der Waals surface area contributed by atoms with Gasteiger partial charge in [0.05, 0.1) is 0 Å². The van der Waals surface area contributed by atoms with Crippen molar-refractivity contribution in [3.63, 3.8) is 0 Å². The van der Waals surface area contributed by atoms with E-state index in [2.05, 4.69) is 81.5 Å². The second-order valence-corrected chi connectivity index (χ2v) is 18.5. The van der Waals surface area contributed by atoms with Crippen LogP contribution in [-0.2, 0) is 28.6 Å². The molecule has 0 aromatic heterocycles. The Balaban J connectivity index is 4.44. The average Bonchev–Trinajstić information content (AvgIpc) is 3.30. The molecule has 0 saturated carbocycles. The second-order valence-electron chi connectivity index (χ2n) is 18.5. The largest absolute Gasteiger partial charge is 0.462 e. The third-order valence-electron chi connectivity index (χ3n) is 12.0. The molecule has 0 heterocycles. The van der Waals surface area contributed by atoms with Crippen molar-refractivity contribution in [3.05, 3.63) is 60.8 Å². The molecular weight excluding hydrogens is 805 g/mol. The Morgan fingerprint density at radius 2 is 0.600 bits per heavy atom. The smallest absolute Gasteiger partial charge is 0.306 e. The van der Waals surface area contributed by atoms with Crippen LogP contribution in [0.3, 0.4) is 0 Å². The summed E-state index contributed by atoms with van der Waals surface area (Å²) in [6.45, 7) is 6.51. The Kier molecular flexibility index (Phi) is 51.3. The quantitative estimate of drug-likeness (QED) is 0.0262. The molecule has 0 aliphatic heterocycles. The summed E-state index contributed by atoms with van der Waals surface area (Å²) in [4.78, 5) is 38.1. The summed E-state index contributed by atoms with van der Waals surface area (Å²) >= 11 is 0. The van der Waals surface area contributed by atoms with Gasteiger partial charge in [-0.05, 0) is 57.8 Å². The van der Waals surface area contributed by atoms with E-state index in [1.54, 1.807) is 0 Å². The van der Waals surface area contributed by atoms with Gasteiger partial charge in [-0.1, -0.05) is 261 Å². The van der Waals surface area contributed by atoms with E-state index in [0.717, 1.165) is 77.0 Å². The molecule has 0 N–H and O–H groups in total. The first-order valence-corrected chi connectivity index (χ1v) is 27.8. The van der Waals surface area contributed by atoms with E-state index in [0.29, 0.717) is 19.3 Å². The third-order valence-corrected chi connectivity index (χ3v) is 12.0. The van der Waals surface area contributed by atoms with E-state index in [1.807, 2.05) is 0 Å². The Bertz CT molecular complexity index is 1180. The fourth-order valence-electron chi connectivity index (χ4n) is 7.89. The van der Waals surface area contributed by atoms with Crippen molar-refractivity contribution >= 4 is 17.9 Å². The van der Waals surface area contributed by atoms with E-state index in [9.17, 15) is 14.4 Å². The molecule has 0 unspecified atom stereocenters. The van der Waals surface area contributed by atoms with Crippen molar-refractivity contribution in [2.24, 2.45) is 0 Å². The molecule has 0 fully saturated rings. The van der Waals surface area contributed by atoms with Crippen molar-refractivity contribution in [2.75, 3.05) is 13.2 Å². The molecule has 6 nitrogen and oxygen atoms in total. The number of hydrogen-bond donors (Lipinski definition) is 0. The highest BCUT2D eigenvalue weighted by Gasteiger charge is 2.19. The minimum Gasteiger partial charge on any atom is -0.462 e. The molecule has 376 valence electrons. The van der Waals surface area contributed by atoms with Gasteiger partial charge in [-0.3, -0.25) is 14.4 Å². The van der Waals surface area contributed by atoms with Gasteiger partial charge in [0.1, 0.15) is 13.2 Å². The summed E-state index contributed by atoms with van der Waals surface area (Å²) < 4.78 is 16.8. The lowest BCUT2D eigenvalue weighted by Gasteiger charge is -2.18. The molecule has 0 aliphatic rings. The van der Waals surface area contributed by atoms with Crippen LogP contribution < -0.4 is 0 Å².